The number of carbonyl (C=O) groups excluding carboxylic acids is 2. The average Bonchev–Trinajstić information content (AvgIpc) is 3.40. The standard InChI is InChI=1S/C24H25N3O3/c1-25(2)22(28)15-27-20-9-5-4-8-19(20)24(23(27)29)11-12-26(16-24)14-18-13-17-7-3-6-10-21(17)30-18/h3-10,13H,11-12,14-16H2,1-2H3. The molecular weight excluding hydrogens is 378 g/mol. The van der Waals surface area contributed by atoms with Gasteiger partial charge in [-0.15, -0.1) is 0 Å². The Balaban J connectivity index is 1.41. The molecule has 6 nitrogen and oxygen atoms in total. The quantitative estimate of drug-likeness (QED) is 0.672. The Bertz CT molecular complexity index is 1100. The second-order valence-electron chi connectivity index (χ2n) is 8.49. The minimum Gasteiger partial charge on any atom is -0.460 e. The summed E-state index contributed by atoms with van der Waals surface area (Å²) in [7, 11) is 3.43. The Hall–Kier alpha value is -3.12. The van der Waals surface area contributed by atoms with Crippen LogP contribution in [0.3, 0.4) is 0 Å². The van der Waals surface area contributed by atoms with E-state index in [0.717, 1.165) is 40.9 Å². The third kappa shape index (κ3) is 2.91. The van der Waals surface area contributed by atoms with Crippen LogP contribution in [0.25, 0.3) is 11.0 Å². The minimum absolute atomic E-state index is 0.0333. The van der Waals surface area contributed by atoms with Crippen LogP contribution in [0.5, 0.6) is 0 Å². The molecule has 1 aromatic heterocycles. The van der Waals surface area contributed by atoms with Gasteiger partial charge < -0.3 is 14.2 Å². The third-order valence-corrected chi connectivity index (χ3v) is 6.36. The summed E-state index contributed by atoms with van der Waals surface area (Å²) in [4.78, 5) is 31.4. The van der Waals surface area contributed by atoms with Gasteiger partial charge in [-0.1, -0.05) is 36.4 Å². The Labute approximate surface area is 175 Å². The summed E-state index contributed by atoms with van der Waals surface area (Å²) in [5.74, 6) is 0.866. The third-order valence-electron chi connectivity index (χ3n) is 6.36. The van der Waals surface area contributed by atoms with Gasteiger partial charge in [0, 0.05) is 38.3 Å². The Kier molecular flexibility index (Phi) is 4.40. The fourth-order valence-electron chi connectivity index (χ4n) is 4.78. The van der Waals surface area contributed by atoms with Gasteiger partial charge in [-0.2, -0.15) is 0 Å². The van der Waals surface area contributed by atoms with Crippen LogP contribution in [-0.2, 0) is 21.5 Å². The van der Waals surface area contributed by atoms with Crippen molar-refractivity contribution in [1.82, 2.24) is 9.80 Å². The molecule has 0 saturated carbocycles. The van der Waals surface area contributed by atoms with Gasteiger partial charge >= 0.3 is 0 Å². The molecule has 2 amide bonds. The average molecular weight is 403 g/mol. The zero-order valence-electron chi connectivity index (χ0n) is 17.3. The van der Waals surface area contributed by atoms with Crippen LogP contribution >= 0.6 is 0 Å². The lowest BCUT2D eigenvalue weighted by atomic mass is 9.81. The number of carbonyl (C=O) groups is 2. The topological polar surface area (TPSA) is 57.0 Å². The van der Waals surface area contributed by atoms with Crippen LogP contribution in [0.2, 0.25) is 0 Å². The van der Waals surface area contributed by atoms with Crippen LogP contribution in [0, 0.1) is 0 Å². The summed E-state index contributed by atoms with van der Waals surface area (Å²) in [5, 5.41) is 1.09. The van der Waals surface area contributed by atoms with Crippen LogP contribution in [-0.4, -0.2) is 55.3 Å². The minimum atomic E-state index is -0.588. The number of nitrogens with zero attached hydrogens (tertiary/aromatic N) is 3. The summed E-state index contributed by atoms with van der Waals surface area (Å²) in [6, 6.07) is 18.0. The van der Waals surface area contributed by atoms with Gasteiger partial charge in [0.1, 0.15) is 17.9 Å². The second kappa shape index (κ2) is 6.99. The summed E-state index contributed by atoms with van der Waals surface area (Å²) < 4.78 is 5.99. The molecule has 2 aliphatic heterocycles. The summed E-state index contributed by atoms with van der Waals surface area (Å²) in [6.07, 6.45) is 0.746. The number of hydrogen-bond donors (Lipinski definition) is 0. The molecular formula is C24H25N3O3. The first kappa shape index (κ1) is 18.9. The lowest BCUT2D eigenvalue weighted by Gasteiger charge is -2.25. The van der Waals surface area contributed by atoms with Crippen molar-refractivity contribution in [3.05, 3.63) is 65.9 Å². The van der Waals surface area contributed by atoms with Gasteiger partial charge in [0.25, 0.3) is 0 Å². The summed E-state index contributed by atoms with van der Waals surface area (Å²) in [6.45, 7) is 2.19. The molecule has 1 fully saturated rings. The molecule has 3 aromatic rings. The van der Waals surface area contributed by atoms with Crippen molar-refractivity contribution in [2.24, 2.45) is 0 Å². The number of likely N-dealkylation sites (tertiary alicyclic amines) is 1. The highest BCUT2D eigenvalue weighted by molar-refractivity contribution is 6.11. The van der Waals surface area contributed by atoms with Crippen molar-refractivity contribution in [2.45, 2.75) is 18.4 Å². The predicted octanol–water partition coefficient (Wildman–Crippen LogP) is 3.01. The predicted molar refractivity (Wildman–Crippen MR) is 115 cm³/mol. The summed E-state index contributed by atoms with van der Waals surface area (Å²) >= 11 is 0. The molecule has 2 aliphatic rings. The van der Waals surface area contributed by atoms with Crippen molar-refractivity contribution >= 4 is 28.5 Å². The van der Waals surface area contributed by atoms with E-state index in [1.54, 1.807) is 19.0 Å². The van der Waals surface area contributed by atoms with Crippen LogP contribution in [0.15, 0.2) is 59.0 Å². The van der Waals surface area contributed by atoms with E-state index in [1.807, 2.05) is 48.5 Å². The zero-order chi connectivity index (χ0) is 20.9. The number of likely N-dealkylation sites (N-methyl/N-ethyl adjacent to an activating group) is 1. The van der Waals surface area contributed by atoms with Crippen LogP contribution in [0.1, 0.15) is 17.7 Å². The van der Waals surface area contributed by atoms with Crippen molar-refractivity contribution in [1.29, 1.82) is 0 Å². The van der Waals surface area contributed by atoms with Gasteiger partial charge in [-0.05, 0) is 30.2 Å². The van der Waals surface area contributed by atoms with Gasteiger partial charge in [0.15, 0.2) is 0 Å². The molecule has 2 aromatic carbocycles. The van der Waals surface area contributed by atoms with Crippen molar-refractivity contribution < 1.29 is 14.0 Å². The first-order valence-electron chi connectivity index (χ1n) is 10.3. The van der Waals surface area contributed by atoms with Crippen molar-refractivity contribution in [3.63, 3.8) is 0 Å². The number of anilines is 1. The highest BCUT2D eigenvalue weighted by atomic mass is 16.3. The smallest absolute Gasteiger partial charge is 0.242 e. The van der Waals surface area contributed by atoms with E-state index in [9.17, 15) is 9.59 Å². The first-order valence-corrected chi connectivity index (χ1v) is 10.3. The number of fused-ring (bicyclic) bond motifs is 3. The van der Waals surface area contributed by atoms with E-state index >= 15 is 0 Å². The Morgan fingerprint density at radius 3 is 2.70 bits per heavy atom. The molecule has 6 heteroatoms. The number of hydrogen-bond acceptors (Lipinski definition) is 4. The second-order valence-corrected chi connectivity index (χ2v) is 8.49. The first-order chi connectivity index (χ1) is 14.5. The lowest BCUT2D eigenvalue weighted by molar-refractivity contribution is -0.130. The Morgan fingerprint density at radius 1 is 1.13 bits per heavy atom. The monoisotopic (exact) mass is 403 g/mol. The highest BCUT2D eigenvalue weighted by Crippen LogP contribution is 2.47. The molecule has 1 saturated heterocycles. The molecule has 0 radical (unpaired) electrons. The highest BCUT2D eigenvalue weighted by Gasteiger charge is 2.54. The van der Waals surface area contributed by atoms with E-state index in [2.05, 4.69) is 11.0 Å². The molecule has 1 spiro atoms. The zero-order valence-corrected chi connectivity index (χ0v) is 17.3. The molecule has 0 N–H and O–H groups in total. The number of benzene rings is 2. The fourth-order valence-corrected chi connectivity index (χ4v) is 4.78. The molecule has 5 rings (SSSR count). The normalized spacial score (nSPS) is 21.0. The SMILES string of the molecule is CN(C)C(=O)CN1C(=O)C2(CCN(Cc3cc4ccccc4o3)C2)c2ccccc21. The molecule has 30 heavy (non-hydrogen) atoms. The Morgan fingerprint density at radius 2 is 1.90 bits per heavy atom. The van der Waals surface area contributed by atoms with Crippen LogP contribution < -0.4 is 4.90 Å². The number of furan rings is 1. The molecule has 1 atom stereocenters. The lowest BCUT2D eigenvalue weighted by Crippen LogP contribution is -2.45. The van der Waals surface area contributed by atoms with Gasteiger partial charge in [-0.3, -0.25) is 14.5 Å². The maximum absolute atomic E-state index is 13.6. The number of para-hydroxylation sites is 2. The van der Waals surface area contributed by atoms with E-state index in [0.29, 0.717) is 13.1 Å². The number of amides is 2. The van der Waals surface area contributed by atoms with Gasteiger partial charge in [0.05, 0.1) is 12.0 Å². The van der Waals surface area contributed by atoms with Gasteiger partial charge in [-0.25, -0.2) is 0 Å². The maximum atomic E-state index is 13.6. The fraction of sp³-hybridized carbons (Fsp3) is 0.333. The molecule has 0 bridgehead atoms. The molecule has 3 heterocycles. The van der Waals surface area contributed by atoms with E-state index in [4.69, 9.17) is 4.42 Å². The molecule has 0 aliphatic carbocycles. The van der Waals surface area contributed by atoms with E-state index in [-0.39, 0.29) is 18.4 Å². The van der Waals surface area contributed by atoms with Crippen molar-refractivity contribution in [3.8, 4) is 0 Å². The van der Waals surface area contributed by atoms with E-state index in [1.165, 1.54) is 4.90 Å². The van der Waals surface area contributed by atoms with Gasteiger partial charge in [0.2, 0.25) is 11.8 Å². The number of rotatable bonds is 4. The molecule has 154 valence electrons. The summed E-state index contributed by atoms with van der Waals surface area (Å²) in [5.41, 5.74) is 2.20. The van der Waals surface area contributed by atoms with Crippen LogP contribution in [0.4, 0.5) is 5.69 Å². The largest absolute Gasteiger partial charge is 0.460 e. The molecule has 1 unspecified atom stereocenters. The van der Waals surface area contributed by atoms with E-state index < -0.39 is 5.41 Å². The maximum Gasteiger partial charge on any atom is 0.242 e. The van der Waals surface area contributed by atoms with Crippen molar-refractivity contribution in [2.75, 3.05) is 38.6 Å².